The number of furan rings is 1. The van der Waals surface area contributed by atoms with Gasteiger partial charge in [0.15, 0.2) is 16.4 Å². The molecule has 0 unspecified atom stereocenters. The van der Waals surface area contributed by atoms with Gasteiger partial charge in [-0.2, -0.15) is 0 Å². The highest BCUT2D eigenvalue weighted by atomic mass is 35.5. The van der Waals surface area contributed by atoms with Crippen LogP contribution in [-0.2, 0) is 4.74 Å². The van der Waals surface area contributed by atoms with Gasteiger partial charge in [-0.05, 0) is 62.3 Å². The summed E-state index contributed by atoms with van der Waals surface area (Å²) in [6, 6.07) is 13.8. The standard InChI is InChI=1S/C26H32ClN3O3S/c1-18-8-9-21(17-22(18)27)28-26(34)30(11-5-10-29-12-14-32-15-13-29)19(2)24-16-20-6-4-7-23(31-3)25(20)33-24/h4,6-9,16-17,19H,5,10-15H2,1-3H3,(H,28,34)/t19-/m1/s1. The van der Waals surface area contributed by atoms with Crippen LogP contribution in [0.15, 0.2) is 46.9 Å². The first kappa shape index (κ1) is 24.8. The molecular formula is C26H32ClN3O3S. The highest BCUT2D eigenvalue weighted by Gasteiger charge is 2.23. The molecule has 182 valence electrons. The van der Waals surface area contributed by atoms with Gasteiger partial charge in [0.05, 0.1) is 26.4 Å². The van der Waals surface area contributed by atoms with E-state index in [0.29, 0.717) is 10.1 Å². The summed E-state index contributed by atoms with van der Waals surface area (Å²) in [5.74, 6) is 1.57. The lowest BCUT2D eigenvalue weighted by molar-refractivity contribution is 0.0365. The summed E-state index contributed by atoms with van der Waals surface area (Å²) in [6.07, 6.45) is 0.977. The zero-order valence-corrected chi connectivity index (χ0v) is 21.5. The van der Waals surface area contributed by atoms with Gasteiger partial charge in [-0.1, -0.05) is 29.8 Å². The zero-order valence-electron chi connectivity index (χ0n) is 20.0. The maximum Gasteiger partial charge on any atom is 0.176 e. The molecule has 34 heavy (non-hydrogen) atoms. The van der Waals surface area contributed by atoms with Crippen LogP contribution in [-0.4, -0.2) is 61.4 Å². The first-order chi connectivity index (χ1) is 16.5. The van der Waals surface area contributed by atoms with Crippen molar-refractivity contribution in [2.75, 3.05) is 51.8 Å². The quantitative estimate of drug-likeness (QED) is 0.386. The Morgan fingerprint density at radius 1 is 1.24 bits per heavy atom. The van der Waals surface area contributed by atoms with Crippen LogP contribution >= 0.6 is 23.8 Å². The van der Waals surface area contributed by atoms with Crippen LogP contribution in [0.1, 0.15) is 30.7 Å². The van der Waals surface area contributed by atoms with Gasteiger partial charge in [0.2, 0.25) is 0 Å². The Bertz CT molecular complexity index is 1130. The molecule has 1 saturated heterocycles. The Hall–Kier alpha value is -2.32. The highest BCUT2D eigenvalue weighted by Crippen LogP contribution is 2.33. The predicted molar refractivity (Wildman–Crippen MR) is 142 cm³/mol. The first-order valence-corrected chi connectivity index (χ1v) is 12.4. The Morgan fingerprint density at radius 3 is 2.76 bits per heavy atom. The van der Waals surface area contributed by atoms with Crippen molar-refractivity contribution in [3.63, 3.8) is 0 Å². The monoisotopic (exact) mass is 501 g/mol. The molecule has 1 atom stereocenters. The molecule has 1 aliphatic rings. The Morgan fingerprint density at radius 2 is 2.03 bits per heavy atom. The van der Waals surface area contributed by atoms with Gasteiger partial charge in [-0.3, -0.25) is 4.90 Å². The van der Waals surface area contributed by atoms with E-state index in [1.54, 1.807) is 7.11 Å². The molecule has 0 bridgehead atoms. The number of nitrogens with zero attached hydrogens (tertiary/aromatic N) is 2. The van der Waals surface area contributed by atoms with Gasteiger partial charge >= 0.3 is 0 Å². The molecule has 2 aromatic carbocycles. The second-order valence-electron chi connectivity index (χ2n) is 8.60. The average Bonchev–Trinajstić information content (AvgIpc) is 3.29. The number of thiocarbonyl (C=S) groups is 1. The van der Waals surface area contributed by atoms with E-state index in [0.717, 1.165) is 79.5 Å². The number of rotatable bonds is 8. The number of para-hydroxylation sites is 1. The molecule has 2 heterocycles. The molecule has 0 aliphatic carbocycles. The lowest BCUT2D eigenvalue weighted by Gasteiger charge is -2.32. The van der Waals surface area contributed by atoms with Crippen molar-refractivity contribution in [2.24, 2.45) is 0 Å². The fourth-order valence-corrected chi connectivity index (χ4v) is 4.75. The maximum absolute atomic E-state index is 6.34. The van der Waals surface area contributed by atoms with E-state index in [1.165, 1.54) is 0 Å². The van der Waals surface area contributed by atoms with E-state index in [4.69, 9.17) is 37.7 Å². The number of aryl methyl sites for hydroxylation is 1. The minimum atomic E-state index is -0.0669. The zero-order chi connectivity index (χ0) is 24.1. The number of benzene rings is 2. The van der Waals surface area contributed by atoms with Crippen molar-refractivity contribution in [2.45, 2.75) is 26.3 Å². The van der Waals surface area contributed by atoms with Crippen molar-refractivity contribution in [3.05, 3.63) is 58.8 Å². The molecule has 4 rings (SSSR count). The summed E-state index contributed by atoms with van der Waals surface area (Å²) in [6.45, 7) is 9.45. The van der Waals surface area contributed by atoms with Crippen LogP contribution in [0.4, 0.5) is 5.69 Å². The molecule has 1 aliphatic heterocycles. The molecule has 0 amide bonds. The normalized spacial score (nSPS) is 15.3. The lowest BCUT2D eigenvalue weighted by Crippen LogP contribution is -2.41. The van der Waals surface area contributed by atoms with Gasteiger partial charge < -0.3 is 24.1 Å². The topological polar surface area (TPSA) is 50.1 Å². The van der Waals surface area contributed by atoms with E-state index in [1.807, 2.05) is 43.3 Å². The smallest absolute Gasteiger partial charge is 0.176 e. The Kier molecular flexibility index (Phi) is 8.32. The highest BCUT2D eigenvalue weighted by molar-refractivity contribution is 7.80. The van der Waals surface area contributed by atoms with Crippen LogP contribution in [0.25, 0.3) is 11.0 Å². The van der Waals surface area contributed by atoms with Crippen molar-refractivity contribution < 1.29 is 13.9 Å². The molecule has 0 spiro atoms. The average molecular weight is 502 g/mol. The van der Waals surface area contributed by atoms with Crippen LogP contribution in [0.5, 0.6) is 5.75 Å². The lowest BCUT2D eigenvalue weighted by atomic mass is 10.2. The fraction of sp³-hybridized carbons (Fsp3) is 0.423. The maximum atomic E-state index is 6.34. The van der Waals surface area contributed by atoms with E-state index < -0.39 is 0 Å². The fourth-order valence-electron chi connectivity index (χ4n) is 4.20. The summed E-state index contributed by atoms with van der Waals surface area (Å²) in [5.41, 5.74) is 2.66. The van der Waals surface area contributed by atoms with E-state index in [2.05, 4.69) is 28.1 Å². The SMILES string of the molecule is COc1cccc2cc([C@@H](C)N(CCCN3CCOCC3)C(=S)Nc3ccc(C)c(Cl)c3)oc12. The molecule has 0 saturated carbocycles. The number of hydrogen-bond donors (Lipinski definition) is 1. The van der Waals surface area contributed by atoms with Gasteiger partial charge in [-0.15, -0.1) is 0 Å². The van der Waals surface area contributed by atoms with Gasteiger partial charge in [-0.25, -0.2) is 0 Å². The number of nitrogens with one attached hydrogen (secondary N) is 1. The van der Waals surface area contributed by atoms with Crippen molar-refractivity contribution in [1.29, 1.82) is 0 Å². The molecule has 6 nitrogen and oxygen atoms in total. The summed E-state index contributed by atoms with van der Waals surface area (Å²) in [4.78, 5) is 4.63. The number of morpholine rings is 1. The van der Waals surface area contributed by atoms with Crippen LogP contribution in [0, 0.1) is 6.92 Å². The third-order valence-corrected chi connectivity index (χ3v) is 7.03. The molecule has 1 aromatic heterocycles. The van der Waals surface area contributed by atoms with E-state index >= 15 is 0 Å². The summed E-state index contributed by atoms with van der Waals surface area (Å²) in [5, 5.41) is 5.74. The molecular weight excluding hydrogens is 470 g/mol. The number of methoxy groups -OCH3 is 1. The molecule has 3 aromatic rings. The minimum Gasteiger partial charge on any atom is -0.493 e. The number of ether oxygens (including phenoxy) is 2. The molecule has 1 fully saturated rings. The van der Waals surface area contributed by atoms with Crippen molar-refractivity contribution in [3.8, 4) is 5.75 Å². The van der Waals surface area contributed by atoms with E-state index in [-0.39, 0.29) is 6.04 Å². The number of halogens is 1. The van der Waals surface area contributed by atoms with Crippen molar-refractivity contribution >= 4 is 45.6 Å². The largest absolute Gasteiger partial charge is 0.493 e. The van der Waals surface area contributed by atoms with Gasteiger partial charge in [0, 0.05) is 42.3 Å². The van der Waals surface area contributed by atoms with Gasteiger partial charge in [0.25, 0.3) is 0 Å². The molecule has 8 heteroatoms. The molecule has 0 radical (unpaired) electrons. The summed E-state index contributed by atoms with van der Waals surface area (Å²) < 4.78 is 17.2. The molecule has 1 N–H and O–H groups in total. The second-order valence-corrected chi connectivity index (χ2v) is 9.39. The number of hydrogen-bond acceptors (Lipinski definition) is 5. The summed E-state index contributed by atoms with van der Waals surface area (Å²) in [7, 11) is 1.66. The summed E-state index contributed by atoms with van der Waals surface area (Å²) >= 11 is 12.2. The van der Waals surface area contributed by atoms with Gasteiger partial charge in [0.1, 0.15) is 5.76 Å². The van der Waals surface area contributed by atoms with Crippen LogP contribution in [0.2, 0.25) is 5.02 Å². The number of anilines is 1. The van der Waals surface area contributed by atoms with Crippen LogP contribution in [0.3, 0.4) is 0 Å². The predicted octanol–water partition coefficient (Wildman–Crippen LogP) is 5.89. The Balaban J connectivity index is 1.53. The van der Waals surface area contributed by atoms with Crippen molar-refractivity contribution in [1.82, 2.24) is 9.80 Å². The second kappa shape index (κ2) is 11.4. The Labute approximate surface area is 211 Å². The first-order valence-electron chi connectivity index (χ1n) is 11.7. The minimum absolute atomic E-state index is 0.0669. The third-order valence-electron chi connectivity index (χ3n) is 6.29. The van der Waals surface area contributed by atoms with Crippen LogP contribution < -0.4 is 10.1 Å². The number of fused-ring (bicyclic) bond motifs is 1. The third kappa shape index (κ3) is 5.84. The van der Waals surface area contributed by atoms with E-state index in [9.17, 15) is 0 Å².